The van der Waals surface area contributed by atoms with Gasteiger partial charge in [-0.25, -0.2) is 9.97 Å². The molecule has 0 spiro atoms. The first-order valence-electron chi connectivity index (χ1n) is 7.10. The Labute approximate surface area is 116 Å². The first-order chi connectivity index (χ1) is 9.15. The van der Waals surface area contributed by atoms with Crippen LogP contribution in [0.4, 0.5) is 11.6 Å². The molecule has 108 valence electrons. The summed E-state index contributed by atoms with van der Waals surface area (Å²) in [6.07, 6.45) is 2.62. The Kier molecular flexibility index (Phi) is 6.56. The Morgan fingerprint density at radius 2 is 2.00 bits per heavy atom. The number of hydrogen-bond acceptors (Lipinski definition) is 5. The Hall–Kier alpha value is -1.36. The Morgan fingerprint density at radius 1 is 1.26 bits per heavy atom. The van der Waals surface area contributed by atoms with Crippen LogP contribution in [0.1, 0.15) is 45.6 Å². The number of rotatable bonds is 8. The Bertz CT molecular complexity index is 376. The van der Waals surface area contributed by atoms with Crippen molar-refractivity contribution in [3.05, 3.63) is 11.9 Å². The van der Waals surface area contributed by atoms with Crippen LogP contribution >= 0.6 is 0 Å². The molecule has 0 aliphatic heterocycles. The summed E-state index contributed by atoms with van der Waals surface area (Å²) in [5, 5.41) is 12.5. The third-order valence-electron chi connectivity index (χ3n) is 2.95. The van der Waals surface area contributed by atoms with E-state index in [1.165, 1.54) is 0 Å². The van der Waals surface area contributed by atoms with E-state index in [1.54, 1.807) is 6.33 Å². The lowest BCUT2D eigenvalue weighted by molar-refractivity contribution is 0.301. The molecule has 0 radical (unpaired) electrons. The zero-order valence-electron chi connectivity index (χ0n) is 12.5. The van der Waals surface area contributed by atoms with Gasteiger partial charge in [0, 0.05) is 25.2 Å². The molecule has 0 atom stereocenters. The molecule has 1 aromatic rings. The van der Waals surface area contributed by atoms with E-state index >= 15 is 0 Å². The molecule has 0 saturated heterocycles. The van der Waals surface area contributed by atoms with Gasteiger partial charge < -0.3 is 15.3 Å². The summed E-state index contributed by atoms with van der Waals surface area (Å²) in [6, 6.07) is 0. The number of anilines is 2. The Balaban J connectivity index is 3.19. The summed E-state index contributed by atoms with van der Waals surface area (Å²) in [5.41, 5.74) is 1.13. The molecule has 0 amide bonds. The number of aliphatic hydroxyl groups is 1. The molecule has 19 heavy (non-hydrogen) atoms. The van der Waals surface area contributed by atoms with Crippen molar-refractivity contribution in [2.75, 3.05) is 36.5 Å². The zero-order chi connectivity index (χ0) is 14.3. The molecule has 0 saturated carbocycles. The second kappa shape index (κ2) is 7.94. The van der Waals surface area contributed by atoms with Crippen LogP contribution in [0.3, 0.4) is 0 Å². The van der Waals surface area contributed by atoms with E-state index < -0.39 is 0 Å². The van der Waals surface area contributed by atoms with Gasteiger partial charge >= 0.3 is 0 Å². The van der Waals surface area contributed by atoms with Crippen LogP contribution in [-0.2, 0) is 0 Å². The smallest absolute Gasteiger partial charge is 0.137 e. The molecule has 0 aromatic carbocycles. The summed E-state index contributed by atoms with van der Waals surface area (Å²) in [5.74, 6) is 2.18. The van der Waals surface area contributed by atoms with Crippen LogP contribution in [0.5, 0.6) is 0 Å². The molecule has 0 aliphatic rings. The summed E-state index contributed by atoms with van der Waals surface area (Å²) in [4.78, 5) is 10.9. The maximum absolute atomic E-state index is 9.23. The molecule has 0 unspecified atom stereocenters. The molecule has 0 bridgehead atoms. The van der Waals surface area contributed by atoms with Crippen molar-refractivity contribution in [2.24, 2.45) is 0 Å². The van der Waals surface area contributed by atoms with E-state index in [0.29, 0.717) is 12.5 Å². The largest absolute Gasteiger partial charge is 0.395 e. The third-order valence-corrected chi connectivity index (χ3v) is 2.95. The number of nitrogens with zero attached hydrogens (tertiary/aromatic N) is 3. The van der Waals surface area contributed by atoms with E-state index in [1.807, 2.05) is 0 Å². The maximum atomic E-state index is 9.23. The van der Waals surface area contributed by atoms with Gasteiger partial charge in [-0.2, -0.15) is 0 Å². The number of hydrogen-bond donors (Lipinski definition) is 2. The molecule has 5 heteroatoms. The van der Waals surface area contributed by atoms with Crippen molar-refractivity contribution in [2.45, 2.75) is 40.0 Å². The quantitative estimate of drug-likeness (QED) is 0.755. The zero-order valence-corrected chi connectivity index (χ0v) is 12.5. The molecular weight excluding hydrogens is 240 g/mol. The highest BCUT2D eigenvalue weighted by Crippen LogP contribution is 2.30. The maximum Gasteiger partial charge on any atom is 0.137 e. The van der Waals surface area contributed by atoms with Crippen LogP contribution in [0.15, 0.2) is 6.33 Å². The van der Waals surface area contributed by atoms with Gasteiger partial charge in [0.25, 0.3) is 0 Å². The lowest BCUT2D eigenvalue weighted by atomic mass is 10.0. The van der Waals surface area contributed by atoms with E-state index in [2.05, 4.69) is 47.9 Å². The first-order valence-corrected chi connectivity index (χ1v) is 7.10. The second-order valence-electron chi connectivity index (χ2n) is 4.86. The summed E-state index contributed by atoms with van der Waals surface area (Å²) < 4.78 is 0. The van der Waals surface area contributed by atoms with Crippen molar-refractivity contribution in [1.29, 1.82) is 0 Å². The number of nitrogens with one attached hydrogen (secondary N) is 1. The van der Waals surface area contributed by atoms with E-state index in [9.17, 15) is 5.11 Å². The predicted octanol–water partition coefficient (Wildman–Crippen LogP) is 2.24. The van der Waals surface area contributed by atoms with Gasteiger partial charge in [0.1, 0.15) is 18.0 Å². The van der Waals surface area contributed by atoms with Crippen molar-refractivity contribution in [3.8, 4) is 0 Å². The fourth-order valence-corrected chi connectivity index (χ4v) is 2.19. The van der Waals surface area contributed by atoms with Crippen LogP contribution in [0.25, 0.3) is 0 Å². The van der Waals surface area contributed by atoms with Crippen LogP contribution in [-0.4, -0.2) is 41.3 Å². The SMILES string of the molecule is CCCN(CCO)c1ncnc(NCC)c1C(C)C. The fraction of sp³-hybridized carbons (Fsp3) is 0.714. The molecule has 1 rings (SSSR count). The van der Waals surface area contributed by atoms with Gasteiger partial charge in [0.05, 0.1) is 6.61 Å². The molecule has 5 nitrogen and oxygen atoms in total. The minimum Gasteiger partial charge on any atom is -0.395 e. The second-order valence-corrected chi connectivity index (χ2v) is 4.86. The van der Waals surface area contributed by atoms with Crippen molar-refractivity contribution >= 4 is 11.6 Å². The van der Waals surface area contributed by atoms with Gasteiger partial charge in [0.2, 0.25) is 0 Å². The molecule has 0 aliphatic carbocycles. The number of aliphatic hydroxyl groups excluding tert-OH is 1. The van der Waals surface area contributed by atoms with Gasteiger partial charge in [-0.05, 0) is 19.3 Å². The monoisotopic (exact) mass is 266 g/mol. The van der Waals surface area contributed by atoms with Crippen molar-refractivity contribution in [3.63, 3.8) is 0 Å². The third kappa shape index (κ3) is 4.06. The summed E-state index contributed by atoms with van der Waals surface area (Å²) in [6.45, 7) is 11.0. The van der Waals surface area contributed by atoms with Gasteiger partial charge in [-0.1, -0.05) is 20.8 Å². The van der Waals surface area contributed by atoms with E-state index in [4.69, 9.17) is 0 Å². The topological polar surface area (TPSA) is 61.3 Å². The normalized spacial score (nSPS) is 10.8. The average Bonchev–Trinajstić information content (AvgIpc) is 2.38. The highest BCUT2D eigenvalue weighted by Gasteiger charge is 2.18. The van der Waals surface area contributed by atoms with Gasteiger partial charge in [-0.3, -0.25) is 0 Å². The highest BCUT2D eigenvalue weighted by atomic mass is 16.3. The minimum absolute atomic E-state index is 0.137. The molecule has 2 N–H and O–H groups in total. The lowest BCUT2D eigenvalue weighted by Gasteiger charge is -2.27. The molecule has 1 aromatic heterocycles. The Morgan fingerprint density at radius 3 is 2.53 bits per heavy atom. The predicted molar refractivity (Wildman–Crippen MR) is 79.9 cm³/mol. The molecule has 1 heterocycles. The average molecular weight is 266 g/mol. The van der Waals surface area contributed by atoms with Gasteiger partial charge in [0.15, 0.2) is 0 Å². The van der Waals surface area contributed by atoms with Gasteiger partial charge in [-0.15, -0.1) is 0 Å². The molecule has 0 fully saturated rings. The van der Waals surface area contributed by atoms with Crippen molar-refractivity contribution in [1.82, 2.24) is 9.97 Å². The van der Waals surface area contributed by atoms with E-state index in [-0.39, 0.29) is 6.61 Å². The summed E-state index contributed by atoms with van der Waals surface area (Å²) in [7, 11) is 0. The lowest BCUT2D eigenvalue weighted by Crippen LogP contribution is -2.30. The fourth-order valence-electron chi connectivity index (χ4n) is 2.19. The first kappa shape index (κ1) is 15.7. The standard InChI is InChI=1S/C14H26N4O/c1-5-7-18(8-9-19)14-12(11(3)4)13(15-6-2)16-10-17-14/h10-11,19H,5-9H2,1-4H3,(H,15,16,17). The summed E-state index contributed by atoms with van der Waals surface area (Å²) >= 11 is 0. The van der Waals surface area contributed by atoms with Crippen LogP contribution in [0.2, 0.25) is 0 Å². The van der Waals surface area contributed by atoms with Crippen LogP contribution in [0, 0.1) is 0 Å². The van der Waals surface area contributed by atoms with Crippen molar-refractivity contribution < 1.29 is 5.11 Å². The van der Waals surface area contributed by atoms with E-state index in [0.717, 1.165) is 36.7 Å². The van der Waals surface area contributed by atoms with Crippen LogP contribution < -0.4 is 10.2 Å². The highest BCUT2D eigenvalue weighted by molar-refractivity contribution is 5.60. The minimum atomic E-state index is 0.137. The number of aromatic nitrogens is 2. The molecular formula is C14H26N4O.